The zero-order valence-electron chi connectivity index (χ0n) is 12.0. The Morgan fingerprint density at radius 1 is 1.05 bits per heavy atom. The quantitative estimate of drug-likeness (QED) is 0.762. The van der Waals surface area contributed by atoms with Gasteiger partial charge >= 0.3 is 6.03 Å². The van der Waals surface area contributed by atoms with E-state index in [-0.39, 0.29) is 12.0 Å². The number of anilines is 1. The van der Waals surface area contributed by atoms with Gasteiger partial charge in [-0.2, -0.15) is 0 Å². The molecule has 0 bridgehead atoms. The van der Waals surface area contributed by atoms with Crippen LogP contribution in [0.5, 0.6) is 0 Å². The number of hydrogen-bond donors (Lipinski definition) is 3. The van der Waals surface area contributed by atoms with E-state index >= 15 is 0 Å². The number of rotatable bonds is 3. The van der Waals surface area contributed by atoms with E-state index in [1.165, 1.54) is 12.1 Å². The third-order valence-corrected chi connectivity index (χ3v) is 2.90. The fourth-order valence-corrected chi connectivity index (χ4v) is 1.87. The molecule has 2 rings (SSSR count). The van der Waals surface area contributed by atoms with Crippen LogP contribution in [0, 0.1) is 12.7 Å². The maximum absolute atomic E-state index is 13.4. The van der Waals surface area contributed by atoms with E-state index in [4.69, 9.17) is 0 Å². The monoisotopic (exact) mass is 301 g/mol. The van der Waals surface area contributed by atoms with Crippen LogP contribution in [-0.2, 0) is 11.2 Å². The Morgan fingerprint density at radius 2 is 1.82 bits per heavy atom. The Bertz CT molecular complexity index is 689. The fourth-order valence-electron chi connectivity index (χ4n) is 1.87. The maximum atomic E-state index is 13.4. The Balaban J connectivity index is 1.81. The van der Waals surface area contributed by atoms with Gasteiger partial charge in [0.1, 0.15) is 5.82 Å². The largest absolute Gasteiger partial charge is 0.337 e. The summed E-state index contributed by atoms with van der Waals surface area (Å²) in [5.41, 5.74) is 6.32. The average Bonchev–Trinajstić information content (AvgIpc) is 2.48. The second-order valence-corrected chi connectivity index (χ2v) is 4.76. The van der Waals surface area contributed by atoms with Gasteiger partial charge in [0.05, 0.1) is 6.42 Å². The molecule has 0 radical (unpaired) electrons. The van der Waals surface area contributed by atoms with E-state index in [1.807, 2.05) is 19.1 Å². The van der Waals surface area contributed by atoms with Crippen molar-refractivity contribution in [3.8, 4) is 0 Å². The van der Waals surface area contributed by atoms with Crippen LogP contribution in [0.15, 0.2) is 48.5 Å². The first-order chi connectivity index (χ1) is 10.5. The Kier molecular flexibility index (Phi) is 5.08. The number of aryl methyl sites for hydroxylation is 1. The minimum Gasteiger partial charge on any atom is -0.307 e. The molecule has 0 aliphatic heterocycles. The molecule has 0 aliphatic carbocycles. The van der Waals surface area contributed by atoms with Crippen molar-refractivity contribution >= 4 is 17.6 Å². The zero-order valence-corrected chi connectivity index (χ0v) is 12.0. The summed E-state index contributed by atoms with van der Waals surface area (Å²) in [5.74, 6) is -0.966. The molecule has 2 aromatic rings. The molecule has 0 atom stereocenters. The summed E-state index contributed by atoms with van der Waals surface area (Å²) in [6, 6.07) is 12.6. The van der Waals surface area contributed by atoms with Crippen LogP contribution in [0.4, 0.5) is 14.9 Å². The molecule has 6 heteroatoms. The first-order valence-corrected chi connectivity index (χ1v) is 6.70. The minimum absolute atomic E-state index is 0.155. The normalized spacial score (nSPS) is 9.91. The number of amides is 3. The molecular formula is C16H16FN3O2. The second-order valence-electron chi connectivity index (χ2n) is 4.76. The summed E-state index contributed by atoms with van der Waals surface area (Å²) in [6.07, 6.45) is -0.155. The van der Waals surface area contributed by atoms with Gasteiger partial charge in [-0.25, -0.2) is 14.6 Å². The molecular weight excluding hydrogens is 285 g/mol. The molecule has 0 saturated carbocycles. The number of hydrazine groups is 1. The smallest absolute Gasteiger partial charge is 0.307 e. The van der Waals surface area contributed by atoms with Crippen LogP contribution in [0.3, 0.4) is 0 Å². The van der Waals surface area contributed by atoms with Crippen LogP contribution in [-0.4, -0.2) is 11.9 Å². The van der Waals surface area contributed by atoms with E-state index in [0.717, 1.165) is 5.56 Å². The van der Waals surface area contributed by atoms with Crippen LogP contribution in [0.2, 0.25) is 0 Å². The lowest BCUT2D eigenvalue weighted by molar-refractivity contribution is -0.121. The molecule has 0 spiro atoms. The predicted octanol–water partition coefficient (Wildman–Crippen LogP) is 2.53. The van der Waals surface area contributed by atoms with Gasteiger partial charge in [-0.15, -0.1) is 0 Å². The molecule has 0 fully saturated rings. The number of carbonyl (C=O) groups is 2. The van der Waals surface area contributed by atoms with Gasteiger partial charge in [0, 0.05) is 5.69 Å². The van der Waals surface area contributed by atoms with E-state index < -0.39 is 17.8 Å². The van der Waals surface area contributed by atoms with Gasteiger partial charge in [0.25, 0.3) is 0 Å². The lowest BCUT2D eigenvalue weighted by atomic mass is 10.1. The zero-order chi connectivity index (χ0) is 15.9. The van der Waals surface area contributed by atoms with Gasteiger partial charge in [-0.1, -0.05) is 30.3 Å². The Hall–Kier alpha value is -2.89. The lowest BCUT2D eigenvalue weighted by Crippen LogP contribution is -2.44. The SMILES string of the molecule is Cc1cccc(NC(=O)NNC(=O)Cc2ccccc2F)c1. The van der Waals surface area contributed by atoms with Crippen molar-refractivity contribution in [1.29, 1.82) is 0 Å². The molecule has 0 heterocycles. The number of halogens is 1. The Morgan fingerprint density at radius 3 is 2.55 bits per heavy atom. The van der Waals surface area contributed by atoms with Crippen molar-refractivity contribution in [3.63, 3.8) is 0 Å². The van der Waals surface area contributed by atoms with E-state index in [0.29, 0.717) is 5.69 Å². The third kappa shape index (κ3) is 4.59. The van der Waals surface area contributed by atoms with Gasteiger partial charge in [0.15, 0.2) is 0 Å². The first-order valence-electron chi connectivity index (χ1n) is 6.70. The van der Waals surface area contributed by atoms with Crippen molar-refractivity contribution in [2.24, 2.45) is 0 Å². The Labute approximate surface area is 127 Å². The highest BCUT2D eigenvalue weighted by atomic mass is 19.1. The molecule has 3 amide bonds. The molecule has 0 aliphatic rings. The molecule has 2 aromatic carbocycles. The first kappa shape index (κ1) is 15.5. The second kappa shape index (κ2) is 7.21. The summed E-state index contributed by atoms with van der Waals surface area (Å²) in [5, 5.41) is 2.57. The topological polar surface area (TPSA) is 70.2 Å². The molecule has 5 nitrogen and oxygen atoms in total. The van der Waals surface area contributed by atoms with Crippen molar-refractivity contribution in [3.05, 3.63) is 65.5 Å². The van der Waals surface area contributed by atoms with Crippen molar-refractivity contribution in [2.75, 3.05) is 5.32 Å². The number of benzene rings is 2. The lowest BCUT2D eigenvalue weighted by Gasteiger charge is -2.09. The van der Waals surface area contributed by atoms with Crippen molar-refractivity contribution in [2.45, 2.75) is 13.3 Å². The summed E-state index contributed by atoms with van der Waals surface area (Å²) < 4.78 is 13.4. The molecule has 114 valence electrons. The van der Waals surface area contributed by atoms with Crippen LogP contribution in [0.1, 0.15) is 11.1 Å². The van der Waals surface area contributed by atoms with E-state index in [1.54, 1.807) is 24.3 Å². The summed E-state index contributed by atoms with van der Waals surface area (Å²) in [7, 11) is 0. The van der Waals surface area contributed by atoms with Gasteiger partial charge in [-0.3, -0.25) is 10.2 Å². The molecule has 0 aromatic heterocycles. The van der Waals surface area contributed by atoms with Crippen molar-refractivity contribution in [1.82, 2.24) is 10.9 Å². The van der Waals surface area contributed by atoms with Crippen LogP contribution in [0.25, 0.3) is 0 Å². The predicted molar refractivity (Wildman–Crippen MR) is 81.6 cm³/mol. The third-order valence-electron chi connectivity index (χ3n) is 2.90. The standard InChI is InChI=1S/C16H16FN3O2/c1-11-5-4-7-13(9-11)18-16(22)20-19-15(21)10-12-6-2-3-8-14(12)17/h2-9H,10H2,1H3,(H,19,21)(H2,18,20,22). The molecule has 0 saturated heterocycles. The highest BCUT2D eigenvalue weighted by Gasteiger charge is 2.08. The summed E-state index contributed by atoms with van der Waals surface area (Å²) in [4.78, 5) is 23.3. The number of carbonyl (C=O) groups excluding carboxylic acids is 2. The highest BCUT2D eigenvalue weighted by molar-refractivity contribution is 5.91. The minimum atomic E-state index is -0.576. The van der Waals surface area contributed by atoms with Crippen LogP contribution >= 0.6 is 0 Å². The summed E-state index contributed by atoms with van der Waals surface area (Å²) >= 11 is 0. The number of hydrogen-bond acceptors (Lipinski definition) is 2. The highest BCUT2D eigenvalue weighted by Crippen LogP contribution is 2.09. The average molecular weight is 301 g/mol. The van der Waals surface area contributed by atoms with Crippen molar-refractivity contribution < 1.29 is 14.0 Å². The number of nitrogens with one attached hydrogen (secondary N) is 3. The van der Waals surface area contributed by atoms with E-state index in [2.05, 4.69) is 16.2 Å². The van der Waals surface area contributed by atoms with Gasteiger partial charge in [-0.05, 0) is 36.2 Å². The van der Waals surface area contributed by atoms with Gasteiger partial charge < -0.3 is 5.32 Å². The van der Waals surface area contributed by atoms with E-state index in [9.17, 15) is 14.0 Å². The molecule has 0 unspecified atom stereocenters. The fraction of sp³-hybridized carbons (Fsp3) is 0.125. The molecule has 3 N–H and O–H groups in total. The molecule has 22 heavy (non-hydrogen) atoms. The van der Waals surface area contributed by atoms with Crippen LogP contribution < -0.4 is 16.2 Å². The number of urea groups is 1. The maximum Gasteiger partial charge on any atom is 0.337 e. The summed E-state index contributed by atoms with van der Waals surface area (Å²) in [6.45, 7) is 1.90. The van der Waals surface area contributed by atoms with Gasteiger partial charge in [0.2, 0.25) is 5.91 Å².